The van der Waals surface area contributed by atoms with E-state index in [0.29, 0.717) is 6.04 Å². The average molecular weight is 289 g/mol. The van der Waals surface area contributed by atoms with Gasteiger partial charge in [-0.25, -0.2) is 8.42 Å². The number of ether oxygens (including phenoxy) is 1. The number of hydrogen-bond acceptors (Lipinski definition) is 4. The predicted octanol–water partition coefficient (Wildman–Crippen LogP) is 1.75. The van der Waals surface area contributed by atoms with Crippen LogP contribution in [0, 0.1) is 5.92 Å². The summed E-state index contributed by atoms with van der Waals surface area (Å²) >= 11 is 0. The minimum atomic E-state index is -3.02. The predicted molar refractivity (Wildman–Crippen MR) is 77.0 cm³/mol. The molecular weight excluding hydrogens is 262 g/mol. The van der Waals surface area contributed by atoms with Crippen LogP contribution in [0.25, 0.3) is 0 Å². The molecule has 1 aliphatic carbocycles. The van der Waals surface area contributed by atoms with Crippen LogP contribution in [-0.2, 0) is 14.6 Å². The number of hydrogen-bond donors (Lipinski definition) is 1. The van der Waals surface area contributed by atoms with Crippen molar-refractivity contribution in [1.29, 1.82) is 0 Å². The van der Waals surface area contributed by atoms with Crippen molar-refractivity contribution < 1.29 is 13.2 Å². The van der Waals surface area contributed by atoms with Gasteiger partial charge in [0, 0.05) is 12.6 Å². The van der Waals surface area contributed by atoms with Gasteiger partial charge < -0.3 is 10.1 Å². The van der Waals surface area contributed by atoms with Crippen LogP contribution >= 0.6 is 0 Å². The Morgan fingerprint density at radius 3 is 2.68 bits per heavy atom. The summed E-state index contributed by atoms with van der Waals surface area (Å²) in [6, 6.07) is 0.365. The van der Waals surface area contributed by atoms with Crippen molar-refractivity contribution in [3.05, 3.63) is 0 Å². The van der Waals surface area contributed by atoms with E-state index in [2.05, 4.69) is 19.2 Å². The Balaban J connectivity index is 1.93. The first-order valence-electron chi connectivity index (χ1n) is 7.61. The van der Waals surface area contributed by atoms with Gasteiger partial charge in [-0.1, -0.05) is 13.8 Å². The van der Waals surface area contributed by atoms with E-state index in [1.54, 1.807) is 0 Å². The lowest BCUT2D eigenvalue weighted by Crippen LogP contribution is -2.38. The number of sulfone groups is 1. The van der Waals surface area contributed by atoms with Gasteiger partial charge >= 0.3 is 0 Å². The zero-order valence-corrected chi connectivity index (χ0v) is 12.9. The molecule has 2 fully saturated rings. The molecule has 0 bridgehead atoms. The largest absolute Gasteiger partial charge is 0.377 e. The molecule has 0 radical (unpaired) electrons. The van der Waals surface area contributed by atoms with Crippen molar-refractivity contribution in [3.8, 4) is 0 Å². The van der Waals surface area contributed by atoms with Crippen LogP contribution in [-0.4, -0.2) is 44.7 Å². The summed E-state index contributed by atoms with van der Waals surface area (Å²) in [5.41, 5.74) is 0. The van der Waals surface area contributed by atoms with Crippen LogP contribution in [0.15, 0.2) is 0 Å². The van der Waals surface area contributed by atoms with Gasteiger partial charge in [-0.2, -0.15) is 0 Å². The van der Waals surface area contributed by atoms with Crippen LogP contribution in [0.3, 0.4) is 0 Å². The summed E-state index contributed by atoms with van der Waals surface area (Å²) in [6.45, 7) is 5.92. The Morgan fingerprint density at radius 1 is 1.26 bits per heavy atom. The van der Waals surface area contributed by atoms with Gasteiger partial charge in [0.2, 0.25) is 0 Å². The molecule has 2 aliphatic rings. The summed E-state index contributed by atoms with van der Waals surface area (Å²) in [5.74, 6) is 0.445. The number of nitrogens with one attached hydrogen (secondary N) is 1. The highest BCUT2D eigenvalue weighted by Gasteiger charge is 2.41. The van der Waals surface area contributed by atoms with E-state index in [0.717, 1.165) is 45.3 Å². The van der Waals surface area contributed by atoms with E-state index in [-0.39, 0.29) is 23.0 Å². The average Bonchev–Trinajstić information content (AvgIpc) is 2.96. The summed E-state index contributed by atoms with van der Waals surface area (Å²) in [6.07, 6.45) is 4.73. The molecule has 2 rings (SSSR count). The van der Waals surface area contributed by atoms with E-state index < -0.39 is 9.84 Å². The fraction of sp³-hybridized carbons (Fsp3) is 1.00. The maximum Gasteiger partial charge on any atom is 0.156 e. The Bertz CT molecular complexity index is 376. The van der Waals surface area contributed by atoms with Crippen molar-refractivity contribution in [1.82, 2.24) is 5.32 Å². The molecule has 0 spiro atoms. The van der Waals surface area contributed by atoms with Crippen molar-refractivity contribution >= 4 is 9.84 Å². The molecule has 112 valence electrons. The molecule has 4 unspecified atom stereocenters. The van der Waals surface area contributed by atoms with Gasteiger partial charge in [0.15, 0.2) is 9.84 Å². The quantitative estimate of drug-likeness (QED) is 0.809. The zero-order chi connectivity index (χ0) is 13.9. The fourth-order valence-corrected chi connectivity index (χ4v) is 5.78. The second-order valence-corrected chi connectivity index (χ2v) is 8.26. The molecule has 1 heterocycles. The molecule has 1 N–H and O–H groups in total. The Hall–Kier alpha value is -0.130. The van der Waals surface area contributed by atoms with E-state index in [9.17, 15) is 8.42 Å². The molecule has 1 saturated heterocycles. The first-order valence-corrected chi connectivity index (χ1v) is 9.32. The van der Waals surface area contributed by atoms with Crippen molar-refractivity contribution in [2.75, 3.05) is 18.9 Å². The van der Waals surface area contributed by atoms with Gasteiger partial charge in [0.05, 0.1) is 17.1 Å². The van der Waals surface area contributed by atoms with E-state index in [1.165, 1.54) is 0 Å². The van der Waals surface area contributed by atoms with Gasteiger partial charge in [-0.05, 0) is 44.6 Å². The summed E-state index contributed by atoms with van der Waals surface area (Å²) in [7, 11) is -3.02. The lowest BCUT2D eigenvalue weighted by Gasteiger charge is -2.23. The maximum absolute atomic E-state index is 12.5. The van der Waals surface area contributed by atoms with Gasteiger partial charge in [-0.3, -0.25) is 0 Å². The minimum Gasteiger partial charge on any atom is -0.377 e. The molecular formula is C14H27NO3S. The molecule has 19 heavy (non-hydrogen) atoms. The van der Waals surface area contributed by atoms with Crippen LogP contribution in [0.5, 0.6) is 0 Å². The molecule has 1 aliphatic heterocycles. The van der Waals surface area contributed by atoms with Crippen LogP contribution in [0.1, 0.15) is 46.0 Å². The third-order valence-electron chi connectivity index (χ3n) is 4.54. The zero-order valence-electron chi connectivity index (χ0n) is 12.1. The third kappa shape index (κ3) is 3.70. The summed E-state index contributed by atoms with van der Waals surface area (Å²) in [4.78, 5) is 0. The monoisotopic (exact) mass is 289 g/mol. The van der Waals surface area contributed by atoms with E-state index in [4.69, 9.17) is 4.74 Å². The van der Waals surface area contributed by atoms with Crippen LogP contribution in [0.4, 0.5) is 0 Å². The highest BCUT2D eigenvalue weighted by atomic mass is 32.2. The topological polar surface area (TPSA) is 55.4 Å². The first-order chi connectivity index (χ1) is 9.04. The van der Waals surface area contributed by atoms with Crippen molar-refractivity contribution in [2.45, 2.75) is 63.3 Å². The normalized spacial score (nSPS) is 35.9. The summed E-state index contributed by atoms with van der Waals surface area (Å²) < 4.78 is 30.5. The van der Waals surface area contributed by atoms with Gasteiger partial charge in [-0.15, -0.1) is 0 Å². The summed E-state index contributed by atoms with van der Waals surface area (Å²) in [5, 5.41) is 3.31. The van der Waals surface area contributed by atoms with Crippen LogP contribution < -0.4 is 5.32 Å². The molecule has 4 nitrogen and oxygen atoms in total. The Labute approximate surface area is 117 Å². The molecule has 1 saturated carbocycles. The van der Waals surface area contributed by atoms with E-state index in [1.807, 2.05) is 0 Å². The SMILES string of the molecule is CCCNC1CCC(S(=O)(=O)CC2CCCO2)C1C. The molecule has 0 aromatic heterocycles. The smallest absolute Gasteiger partial charge is 0.156 e. The lowest BCUT2D eigenvalue weighted by atomic mass is 10.1. The van der Waals surface area contributed by atoms with Crippen molar-refractivity contribution in [3.63, 3.8) is 0 Å². The van der Waals surface area contributed by atoms with Crippen molar-refractivity contribution in [2.24, 2.45) is 5.92 Å². The molecule has 5 heteroatoms. The molecule has 0 aromatic rings. The highest BCUT2D eigenvalue weighted by molar-refractivity contribution is 7.92. The van der Waals surface area contributed by atoms with Crippen LogP contribution in [0.2, 0.25) is 0 Å². The Morgan fingerprint density at radius 2 is 2.05 bits per heavy atom. The fourth-order valence-electron chi connectivity index (χ4n) is 3.41. The highest BCUT2D eigenvalue weighted by Crippen LogP contribution is 2.32. The second kappa shape index (κ2) is 6.55. The van der Waals surface area contributed by atoms with Gasteiger partial charge in [0.1, 0.15) is 0 Å². The van der Waals surface area contributed by atoms with E-state index >= 15 is 0 Å². The number of rotatable bonds is 6. The maximum atomic E-state index is 12.5. The third-order valence-corrected chi connectivity index (χ3v) is 6.97. The minimum absolute atomic E-state index is 0.0557. The lowest BCUT2D eigenvalue weighted by molar-refractivity contribution is 0.127. The standard InChI is InChI=1S/C14H27NO3S/c1-3-8-15-13-6-7-14(11(13)2)19(16,17)10-12-5-4-9-18-12/h11-15H,3-10H2,1-2H3. The Kier molecular flexibility index (Phi) is 5.26. The second-order valence-electron chi connectivity index (χ2n) is 6.00. The first kappa shape index (κ1) is 15.3. The molecule has 0 amide bonds. The molecule has 0 aromatic carbocycles. The van der Waals surface area contributed by atoms with Gasteiger partial charge in [0.25, 0.3) is 0 Å². The molecule has 4 atom stereocenters.